The predicted octanol–water partition coefficient (Wildman–Crippen LogP) is 4.98. The van der Waals surface area contributed by atoms with E-state index in [1.54, 1.807) is 0 Å². The van der Waals surface area contributed by atoms with E-state index in [-0.39, 0.29) is 0 Å². The molecule has 0 atom stereocenters. The molecule has 82 valence electrons. The first-order valence-corrected chi connectivity index (χ1v) is 6.19. The van der Waals surface area contributed by atoms with Crippen molar-refractivity contribution in [3.05, 3.63) is 58.6 Å². The van der Waals surface area contributed by atoms with E-state index in [4.69, 9.17) is 16.3 Å². The van der Waals surface area contributed by atoms with Crippen molar-refractivity contribution in [1.29, 1.82) is 0 Å². The van der Waals surface area contributed by atoms with E-state index in [9.17, 15) is 0 Å². The molecule has 0 N–H and O–H groups in total. The molecule has 0 saturated heterocycles. The summed E-state index contributed by atoms with van der Waals surface area (Å²) in [5, 5.41) is 0. The minimum atomic E-state index is 0.496. The molecule has 0 saturated carbocycles. The third-order valence-corrected chi connectivity index (χ3v) is 2.89. The van der Waals surface area contributed by atoms with E-state index < -0.39 is 0 Å². The van der Waals surface area contributed by atoms with E-state index in [1.165, 1.54) is 0 Å². The molecule has 0 radical (unpaired) electrons. The highest BCUT2D eigenvalue weighted by Crippen LogP contribution is 2.25. The summed E-state index contributed by atoms with van der Waals surface area (Å²) < 4.78 is 6.71. The maximum atomic E-state index is 5.76. The average molecular weight is 298 g/mol. The van der Waals surface area contributed by atoms with Crippen molar-refractivity contribution in [2.75, 3.05) is 0 Å². The van der Waals surface area contributed by atoms with Gasteiger partial charge >= 0.3 is 0 Å². The summed E-state index contributed by atoms with van der Waals surface area (Å²) in [4.78, 5) is 0. The fourth-order valence-corrected chi connectivity index (χ4v) is 1.90. The zero-order valence-electron chi connectivity index (χ0n) is 8.49. The lowest BCUT2D eigenvalue weighted by molar-refractivity contribution is 0.482. The number of hydrogen-bond donors (Lipinski definition) is 0. The highest BCUT2D eigenvalue weighted by Gasteiger charge is 1.99. The topological polar surface area (TPSA) is 9.23 Å². The highest BCUT2D eigenvalue weighted by atomic mass is 79.9. The standard InChI is InChI=1S/C13H10BrClO/c14-11-4-2-6-13(8-11)16-12-5-1-3-10(7-12)9-15/h1-8H,9H2. The summed E-state index contributed by atoms with van der Waals surface area (Å²) >= 11 is 9.17. The van der Waals surface area contributed by atoms with Crippen LogP contribution in [0.5, 0.6) is 11.5 Å². The van der Waals surface area contributed by atoms with E-state index >= 15 is 0 Å². The van der Waals surface area contributed by atoms with Gasteiger partial charge in [0.2, 0.25) is 0 Å². The van der Waals surface area contributed by atoms with Gasteiger partial charge in [-0.1, -0.05) is 34.1 Å². The molecule has 0 fully saturated rings. The summed E-state index contributed by atoms with van der Waals surface area (Å²) in [7, 11) is 0. The first-order valence-electron chi connectivity index (χ1n) is 4.86. The molecule has 0 amide bonds. The number of hydrogen-bond acceptors (Lipinski definition) is 1. The Labute approximate surface area is 108 Å². The van der Waals surface area contributed by atoms with E-state index in [2.05, 4.69) is 15.9 Å². The van der Waals surface area contributed by atoms with Gasteiger partial charge in [-0.3, -0.25) is 0 Å². The minimum absolute atomic E-state index is 0.496. The maximum Gasteiger partial charge on any atom is 0.128 e. The average Bonchev–Trinajstić information content (AvgIpc) is 2.29. The molecule has 1 nitrogen and oxygen atoms in total. The third kappa shape index (κ3) is 3.00. The lowest BCUT2D eigenvalue weighted by atomic mass is 10.2. The molecule has 0 aliphatic carbocycles. The normalized spacial score (nSPS) is 10.1. The van der Waals surface area contributed by atoms with Crippen LogP contribution in [-0.4, -0.2) is 0 Å². The van der Waals surface area contributed by atoms with Gasteiger partial charge in [0.25, 0.3) is 0 Å². The van der Waals surface area contributed by atoms with Crippen molar-refractivity contribution in [2.45, 2.75) is 5.88 Å². The lowest BCUT2D eigenvalue weighted by Crippen LogP contribution is -1.85. The van der Waals surface area contributed by atoms with Crippen LogP contribution in [0.15, 0.2) is 53.0 Å². The van der Waals surface area contributed by atoms with Crippen LogP contribution in [0.3, 0.4) is 0 Å². The van der Waals surface area contributed by atoms with Crippen molar-refractivity contribution in [3.63, 3.8) is 0 Å². The Morgan fingerprint density at radius 1 is 1.00 bits per heavy atom. The molecule has 2 aromatic carbocycles. The summed E-state index contributed by atoms with van der Waals surface area (Å²) in [5.74, 6) is 2.10. The Morgan fingerprint density at radius 2 is 1.69 bits per heavy atom. The van der Waals surface area contributed by atoms with E-state index in [0.29, 0.717) is 5.88 Å². The van der Waals surface area contributed by atoms with Crippen LogP contribution >= 0.6 is 27.5 Å². The highest BCUT2D eigenvalue weighted by molar-refractivity contribution is 9.10. The van der Waals surface area contributed by atoms with Gasteiger partial charge in [-0.2, -0.15) is 0 Å². The van der Waals surface area contributed by atoms with Crippen LogP contribution in [0, 0.1) is 0 Å². The molecule has 0 aromatic heterocycles. The van der Waals surface area contributed by atoms with Crippen LogP contribution in [0.4, 0.5) is 0 Å². The molecule has 3 heteroatoms. The summed E-state index contributed by atoms with van der Waals surface area (Å²) in [6, 6.07) is 15.5. The smallest absolute Gasteiger partial charge is 0.128 e. The van der Waals surface area contributed by atoms with Crippen molar-refractivity contribution in [3.8, 4) is 11.5 Å². The lowest BCUT2D eigenvalue weighted by Gasteiger charge is -2.06. The van der Waals surface area contributed by atoms with Crippen LogP contribution in [-0.2, 0) is 5.88 Å². The SMILES string of the molecule is ClCc1cccc(Oc2cccc(Br)c2)c1. The number of halogens is 2. The Kier molecular flexibility index (Phi) is 3.86. The third-order valence-electron chi connectivity index (χ3n) is 2.08. The molecule has 0 spiro atoms. The fourth-order valence-electron chi connectivity index (χ4n) is 1.36. The van der Waals surface area contributed by atoms with Crippen molar-refractivity contribution in [2.24, 2.45) is 0 Å². The summed E-state index contributed by atoms with van der Waals surface area (Å²) in [6.07, 6.45) is 0. The molecule has 0 heterocycles. The minimum Gasteiger partial charge on any atom is -0.457 e. The molecule has 2 rings (SSSR count). The number of ether oxygens (including phenoxy) is 1. The van der Waals surface area contributed by atoms with E-state index in [1.807, 2.05) is 48.5 Å². The summed E-state index contributed by atoms with van der Waals surface area (Å²) in [6.45, 7) is 0. The maximum absolute atomic E-state index is 5.76. The number of benzene rings is 2. The first-order chi connectivity index (χ1) is 7.78. The second kappa shape index (κ2) is 5.37. The molecule has 2 aromatic rings. The molecule has 16 heavy (non-hydrogen) atoms. The van der Waals surface area contributed by atoms with Crippen LogP contribution < -0.4 is 4.74 Å². The molecule has 0 unspecified atom stereocenters. The van der Waals surface area contributed by atoms with Gasteiger partial charge in [0.1, 0.15) is 11.5 Å². The monoisotopic (exact) mass is 296 g/mol. The quantitative estimate of drug-likeness (QED) is 0.726. The second-order valence-electron chi connectivity index (χ2n) is 3.34. The van der Waals surface area contributed by atoms with Crippen molar-refractivity contribution >= 4 is 27.5 Å². The van der Waals surface area contributed by atoms with Crippen LogP contribution in [0.2, 0.25) is 0 Å². The zero-order chi connectivity index (χ0) is 11.4. The predicted molar refractivity (Wildman–Crippen MR) is 70.2 cm³/mol. The second-order valence-corrected chi connectivity index (χ2v) is 4.52. The zero-order valence-corrected chi connectivity index (χ0v) is 10.8. The van der Waals surface area contributed by atoms with Gasteiger partial charge in [-0.15, -0.1) is 11.6 Å². The molecular weight excluding hydrogens is 287 g/mol. The van der Waals surface area contributed by atoms with Crippen molar-refractivity contribution in [1.82, 2.24) is 0 Å². The largest absolute Gasteiger partial charge is 0.457 e. The van der Waals surface area contributed by atoms with Crippen LogP contribution in [0.1, 0.15) is 5.56 Å². The summed E-state index contributed by atoms with van der Waals surface area (Å²) in [5.41, 5.74) is 1.05. The van der Waals surface area contributed by atoms with Gasteiger partial charge in [0.15, 0.2) is 0 Å². The van der Waals surface area contributed by atoms with Gasteiger partial charge < -0.3 is 4.74 Å². The Morgan fingerprint density at radius 3 is 2.38 bits per heavy atom. The van der Waals surface area contributed by atoms with Gasteiger partial charge in [0, 0.05) is 10.4 Å². The molecule has 0 aliphatic rings. The number of alkyl halides is 1. The Hall–Kier alpha value is -0.990. The van der Waals surface area contributed by atoms with Gasteiger partial charge in [-0.05, 0) is 35.9 Å². The molecule has 0 bridgehead atoms. The van der Waals surface area contributed by atoms with Crippen molar-refractivity contribution < 1.29 is 4.74 Å². The van der Waals surface area contributed by atoms with Crippen LogP contribution in [0.25, 0.3) is 0 Å². The molecule has 0 aliphatic heterocycles. The Balaban J connectivity index is 2.20. The molecular formula is C13H10BrClO. The van der Waals surface area contributed by atoms with Gasteiger partial charge in [-0.25, -0.2) is 0 Å². The van der Waals surface area contributed by atoms with E-state index in [0.717, 1.165) is 21.5 Å². The fraction of sp³-hybridized carbons (Fsp3) is 0.0769. The Bertz CT molecular complexity index is 485. The van der Waals surface area contributed by atoms with Gasteiger partial charge in [0.05, 0.1) is 0 Å². The number of rotatable bonds is 3. The first kappa shape index (κ1) is 11.5.